The second-order valence-corrected chi connectivity index (χ2v) is 6.74. The smallest absolute Gasteiger partial charge is 0.0488 e. The molecule has 0 radical (unpaired) electrons. The van der Waals surface area contributed by atoms with Gasteiger partial charge in [0, 0.05) is 10.9 Å². The molecule has 1 unspecified atom stereocenters. The van der Waals surface area contributed by atoms with E-state index < -0.39 is 0 Å². The quantitative estimate of drug-likeness (QED) is 0.365. The highest BCUT2D eigenvalue weighted by Gasteiger charge is 2.23. The minimum Gasteiger partial charge on any atom is -0.271 e. The number of rotatable bonds is 5. The van der Waals surface area contributed by atoms with Gasteiger partial charge < -0.3 is 0 Å². The molecule has 2 rings (SSSR count). The van der Waals surface area contributed by atoms with Crippen molar-refractivity contribution in [1.82, 2.24) is 5.43 Å². The van der Waals surface area contributed by atoms with Crippen molar-refractivity contribution in [3.05, 3.63) is 29.8 Å². The molecule has 1 aromatic rings. The van der Waals surface area contributed by atoms with Crippen LogP contribution in [0.15, 0.2) is 29.2 Å². The van der Waals surface area contributed by atoms with Gasteiger partial charge in [0.1, 0.15) is 0 Å². The second kappa shape index (κ2) is 7.93. The zero-order valence-electron chi connectivity index (χ0n) is 11.9. The van der Waals surface area contributed by atoms with Crippen LogP contribution in [0.3, 0.4) is 0 Å². The molecule has 1 aromatic carbocycles. The summed E-state index contributed by atoms with van der Waals surface area (Å²) in [5.41, 5.74) is 4.40. The minimum atomic E-state index is 0.318. The number of thioether (sulfide) groups is 1. The topological polar surface area (TPSA) is 38.0 Å². The third-order valence-corrected chi connectivity index (χ3v) is 5.00. The van der Waals surface area contributed by atoms with Crippen molar-refractivity contribution < 1.29 is 0 Å². The van der Waals surface area contributed by atoms with Crippen molar-refractivity contribution in [3.63, 3.8) is 0 Å². The van der Waals surface area contributed by atoms with E-state index in [0.717, 1.165) is 5.75 Å². The Morgan fingerprint density at radius 3 is 2.32 bits per heavy atom. The summed E-state index contributed by atoms with van der Waals surface area (Å²) < 4.78 is 0. The van der Waals surface area contributed by atoms with Gasteiger partial charge in [-0.3, -0.25) is 11.3 Å². The highest BCUT2D eigenvalue weighted by atomic mass is 32.2. The fraction of sp³-hybridized carbons (Fsp3) is 0.625. The SMILES string of the molecule is CCSc1ccc(C(NN)C2CCCCCC2)cc1. The first-order valence-electron chi connectivity index (χ1n) is 7.54. The summed E-state index contributed by atoms with van der Waals surface area (Å²) in [5, 5.41) is 0. The average Bonchev–Trinajstić information content (AvgIpc) is 2.71. The Balaban J connectivity index is 2.06. The van der Waals surface area contributed by atoms with E-state index >= 15 is 0 Å². The highest BCUT2D eigenvalue weighted by Crippen LogP contribution is 2.33. The third-order valence-electron chi connectivity index (χ3n) is 4.10. The molecule has 3 N–H and O–H groups in total. The molecule has 0 bridgehead atoms. The molecule has 0 saturated heterocycles. The van der Waals surface area contributed by atoms with Crippen LogP contribution in [-0.2, 0) is 0 Å². The molecule has 0 aliphatic heterocycles. The first-order chi connectivity index (χ1) is 9.35. The summed E-state index contributed by atoms with van der Waals surface area (Å²) in [4.78, 5) is 1.35. The number of hydrazine groups is 1. The zero-order valence-corrected chi connectivity index (χ0v) is 12.7. The Bertz CT molecular complexity index is 356. The van der Waals surface area contributed by atoms with Crippen LogP contribution in [0.25, 0.3) is 0 Å². The normalized spacial score (nSPS) is 19.1. The van der Waals surface area contributed by atoms with Crippen LogP contribution in [0.4, 0.5) is 0 Å². The van der Waals surface area contributed by atoms with Crippen LogP contribution >= 0.6 is 11.8 Å². The van der Waals surface area contributed by atoms with E-state index in [0.29, 0.717) is 12.0 Å². The fourth-order valence-electron chi connectivity index (χ4n) is 3.09. The number of nitrogens with one attached hydrogen (secondary N) is 1. The molecule has 106 valence electrons. The number of nitrogens with two attached hydrogens (primary N) is 1. The molecule has 1 aliphatic rings. The van der Waals surface area contributed by atoms with Gasteiger partial charge in [0.25, 0.3) is 0 Å². The molecule has 0 aromatic heterocycles. The lowest BCUT2D eigenvalue weighted by molar-refractivity contribution is 0.329. The summed E-state index contributed by atoms with van der Waals surface area (Å²) in [6.07, 6.45) is 8.10. The number of benzene rings is 1. The van der Waals surface area contributed by atoms with Crippen molar-refractivity contribution in [2.45, 2.75) is 56.4 Å². The lowest BCUT2D eigenvalue weighted by atomic mass is 9.87. The molecule has 0 spiro atoms. The monoisotopic (exact) mass is 278 g/mol. The Labute approximate surface area is 121 Å². The van der Waals surface area contributed by atoms with Gasteiger partial charge in [-0.2, -0.15) is 0 Å². The van der Waals surface area contributed by atoms with Gasteiger partial charge >= 0.3 is 0 Å². The largest absolute Gasteiger partial charge is 0.271 e. The van der Waals surface area contributed by atoms with Gasteiger partial charge in [-0.15, -0.1) is 11.8 Å². The van der Waals surface area contributed by atoms with Crippen LogP contribution in [0, 0.1) is 5.92 Å². The molecule has 19 heavy (non-hydrogen) atoms. The van der Waals surface area contributed by atoms with Crippen molar-refractivity contribution in [2.75, 3.05) is 5.75 Å². The van der Waals surface area contributed by atoms with Crippen molar-refractivity contribution in [3.8, 4) is 0 Å². The summed E-state index contributed by atoms with van der Waals surface area (Å²) in [6.45, 7) is 2.19. The van der Waals surface area contributed by atoms with E-state index in [-0.39, 0.29) is 0 Å². The maximum absolute atomic E-state index is 5.83. The predicted octanol–water partition coefficient (Wildman–Crippen LogP) is 4.27. The Hall–Kier alpha value is -0.510. The first kappa shape index (κ1) is 14.9. The van der Waals surface area contributed by atoms with E-state index in [1.54, 1.807) is 0 Å². The lowest BCUT2D eigenvalue weighted by Crippen LogP contribution is -2.33. The van der Waals surface area contributed by atoms with E-state index in [4.69, 9.17) is 5.84 Å². The van der Waals surface area contributed by atoms with Crippen LogP contribution in [-0.4, -0.2) is 5.75 Å². The van der Waals surface area contributed by atoms with Crippen molar-refractivity contribution in [2.24, 2.45) is 11.8 Å². The van der Waals surface area contributed by atoms with E-state index in [2.05, 4.69) is 36.6 Å². The van der Waals surface area contributed by atoms with Crippen LogP contribution in [0.2, 0.25) is 0 Å². The van der Waals surface area contributed by atoms with Crippen LogP contribution < -0.4 is 11.3 Å². The number of hydrogen-bond acceptors (Lipinski definition) is 3. The molecule has 2 nitrogen and oxygen atoms in total. The van der Waals surface area contributed by atoms with Gasteiger partial charge in [0.05, 0.1) is 0 Å². The molecule has 3 heteroatoms. The van der Waals surface area contributed by atoms with Gasteiger partial charge in [-0.1, -0.05) is 44.7 Å². The molecule has 1 aliphatic carbocycles. The van der Waals surface area contributed by atoms with E-state index in [1.165, 1.54) is 49.0 Å². The molecule has 0 amide bonds. The van der Waals surface area contributed by atoms with E-state index in [9.17, 15) is 0 Å². The van der Waals surface area contributed by atoms with Gasteiger partial charge in [0.15, 0.2) is 0 Å². The maximum atomic E-state index is 5.83. The van der Waals surface area contributed by atoms with Gasteiger partial charge in [-0.05, 0) is 42.2 Å². The molecule has 1 atom stereocenters. The Kier molecular flexibility index (Phi) is 6.21. The molecular weight excluding hydrogens is 252 g/mol. The summed E-state index contributed by atoms with van der Waals surface area (Å²) in [6, 6.07) is 9.26. The summed E-state index contributed by atoms with van der Waals surface area (Å²) in [7, 11) is 0. The molecule has 1 fully saturated rings. The third kappa shape index (κ3) is 4.23. The molecular formula is C16H26N2S. The van der Waals surface area contributed by atoms with Crippen molar-refractivity contribution >= 4 is 11.8 Å². The fourth-order valence-corrected chi connectivity index (χ4v) is 3.75. The van der Waals surface area contributed by atoms with Gasteiger partial charge in [-0.25, -0.2) is 0 Å². The standard InChI is InChI=1S/C16H26N2S/c1-2-19-15-11-9-14(10-12-15)16(18-17)13-7-5-3-4-6-8-13/h9-13,16,18H,2-8,17H2,1H3. The Morgan fingerprint density at radius 1 is 1.16 bits per heavy atom. The average molecular weight is 278 g/mol. The predicted molar refractivity (Wildman–Crippen MR) is 84.1 cm³/mol. The molecule has 0 heterocycles. The van der Waals surface area contributed by atoms with Crippen LogP contribution in [0.1, 0.15) is 57.1 Å². The first-order valence-corrected chi connectivity index (χ1v) is 8.52. The van der Waals surface area contributed by atoms with Crippen molar-refractivity contribution in [1.29, 1.82) is 0 Å². The maximum Gasteiger partial charge on any atom is 0.0488 e. The summed E-state index contributed by atoms with van der Waals surface area (Å²) >= 11 is 1.89. The lowest BCUT2D eigenvalue weighted by Gasteiger charge is -2.26. The number of hydrogen-bond donors (Lipinski definition) is 2. The minimum absolute atomic E-state index is 0.318. The highest BCUT2D eigenvalue weighted by molar-refractivity contribution is 7.99. The Morgan fingerprint density at radius 2 is 1.79 bits per heavy atom. The second-order valence-electron chi connectivity index (χ2n) is 5.40. The molecule has 1 saturated carbocycles. The van der Waals surface area contributed by atoms with Gasteiger partial charge in [0.2, 0.25) is 0 Å². The van der Waals surface area contributed by atoms with Crippen LogP contribution in [0.5, 0.6) is 0 Å². The van der Waals surface area contributed by atoms with E-state index in [1.807, 2.05) is 11.8 Å². The summed E-state index contributed by atoms with van der Waals surface area (Å²) in [5.74, 6) is 7.65. The zero-order chi connectivity index (χ0) is 13.5.